The number of halogens is 1. The molecule has 3 heteroatoms. The molecule has 2 nitrogen and oxygen atoms in total. The topological polar surface area (TPSA) is 40.9 Å². The molecule has 82 valence electrons. The van der Waals surface area contributed by atoms with E-state index in [0.717, 1.165) is 0 Å². The van der Waals surface area contributed by atoms with Gasteiger partial charge in [0.2, 0.25) is 0 Å². The highest BCUT2D eigenvalue weighted by molar-refractivity contribution is 5.80. The summed E-state index contributed by atoms with van der Waals surface area (Å²) in [4.78, 5) is 10.7. The van der Waals surface area contributed by atoms with Crippen LogP contribution >= 0.6 is 0 Å². The number of nitriles is 1. The molecule has 0 spiro atoms. The van der Waals surface area contributed by atoms with Crippen molar-refractivity contribution < 1.29 is 9.18 Å². The van der Waals surface area contributed by atoms with E-state index in [-0.39, 0.29) is 5.82 Å². The van der Waals surface area contributed by atoms with Crippen molar-refractivity contribution >= 4 is 6.29 Å². The Morgan fingerprint density at radius 2 is 1.94 bits per heavy atom. The van der Waals surface area contributed by atoms with Crippen molar-refractivity contribution in [3.8, 4) is 17.2 Å². The van der Waals surface area contributed by atoms with Crippen LogP contribution in [0.15, 0.2) is 42.5 Å². The summed E-state index contributed by atoms with van der Waals surface area (Å²) in [7, 11) is 0. The third kappa shape index (κ3) is 2.37. The van der Waals surface area contributed by atoms with E-state index in [1.54, 1.807) is 24.3 Å². The summed E-state index contributed by atoms with van der Waals surface area (Å²) < 4.78 is 13.1. The minimum atomic E-state index is -0.350. The van der Waals surface area contributed by atoms with E-state index in [1.165, 1.54) is 18.2 Å². The molecule has 0 heterocycles. The van der Waals surface area contributed by atoms with Crippen molar-refractivity contribution in [3.63, 3.8) is 0 Å². The maximum absolute atomic E-state index is 13.1. The Hall–Kier alpha value is -2.47. The van der Waals surface area contributed by atoms with E-state index in [4.69, 9.17) is 5.26 Å². The molecule has 0 fully saturated rings. The van der Waals surface area contributed by atoms with Crippen LogP contribution in [-0.2, 0) is 0 Å². The van der Waals surface area contributed by atoms with Crippen molar-refractivity contribution in [1.29, 1.82) is 5.26 Å². The second-order valence-corrected chi connectivity index (χ2v) is 3.58. The number of aldehydes is 1. The zero-order valence-electron chi connectivity index (χ0n) is 8.85. The molecule has 0 saturated heterocycles. The minimum Gasteiger partial charge on any atom is -0.298 e. The van der Waals surface area contributed by atoms with Gasteiger partial charge in [0.15, 0.2) is 0 Å². The molecule has 0 aromatic heterocycles. The molecule has 2 aromatic carbocycles. The van der Waals surface area contributed by atoms with E-state index in [2.05, 4.69) is 0 Å². The van der Waals surface area contributed by atoms with Gasteiger partial charge in [-0.15, -0.1) is 0 Å². The van der Waals surface area contributed by atoms with Gasteiger partial charge < -0.3 is 0 Å². The normalized spacial score (nSPS) is 9.65. The van der Waals surface area contributed by atoms with Crippen LogP contribution in [0.4, 0.5) is 4.39 Å². The fraction of sp³-hybridized carbons (Fsp3) is 0. The van der Waals surface area contributed by atoms with Crippen molar-refractivity contribution in [3.05, 3.63) is 59.4 Å². The average Bonchev–Trinajstić information content (AvgIpc) is 2.38. The highest BCUT2D eigenvalue weighted by Crippen LogP contribution is 2.22. The second kappa shape index (κ2) is 4.58. The van der Waals surface area contributed by atoms with E-state index in [0.29, 0.717) is 28.5 Å². The van der Waals surface area contributed by atoms with Gasteiger partial charge in [-0.05, 0) is 41.5 Å². The van der Waals surface area contributed by atoms with Crippen LogP contribution in [-0.4, -0.2) is 6.29 Å². The largest absolute Gasteiger partial charge is 0.298 e. The summed E-state index contributed by atoms with van der Waals surface area (Å²) in [5, 5.41) is 8.84. The van der Waals surface area contributed by atoms with Gasteiger partial charge in [-0.1, -0.05) is 12.1 Å². The van der Waals surface area contributed by atoms with Gasteiger partial charge in [0.1, 0.15) is 12.1 Å². The molecule has 0 unspecified atom stereocenters. The first-order valence-electron chi connectivity index (χ1n) is 4.99. The summed E-state index contributed by atoms with van der Waals surface area (Å²) in [6, 6.07) is 12.8. The van der Waals surface area contributed by atoms with Crippen LogP contribution < -0.4 is 0 Å². The molecule has 17 heavy (non-hydrogen) atoms. The summed E-state index contributed by atoms with van der Waals surface area (Å²) >= 11 is 0. The standard InChI is InChI=1S/C14H8FNO/c15-14-3-1-2-12(7-14)13-5-10(8-16)4-11(6-13)9-17/h1-7,9H. The van der Waals surface area contributed by atoms with E-state index in [9.17, 15) is 9.18 Å². The second-order valence-electron chi connectivity index (χ2n) is 3.58. The Labute approximate surface area is 97.9 Å². The molecule has 0 aliphatic carbocycles. The van der Waals surface area contributed by atoms with Gasteiger partial charge in [0, 0.05) is 5.56 Å². The maximum Gasteiger partial charge on any atom is 0.150 e. The first kappa shape index (κ1) is 11.0. The maximum atomic E-state index is 13.1. The molecule has 0 radical (unpaired) electrons. The van der Waals surface area contributed by atoms with Crippen molar-refractivity contribution in [2.24, 2.45) is 0 Å². The molecule has 0 amide bonds. The molecule has 0 bridgehead atoms. The zero-order valence-corrected chi connectivity index (χ0v) is 8.85. The Morgan fingerprint density at radius 3 is 2.59 bits per heavy atom. The molecular formula is C14H8FNO. The first-order valence-corrected chi connectivity index (χ1v) is 4.99. The Bertz CT molecular complexity index is 614. The van der Waals surface area contributed by atoms with Crippen molar-refractivity contribution in [2.75, 3.05) is 0 Å². The summed E-state index contributed by atoms with van der Waals surface area (Å²) in [6.45, 7) is 0. The number of carbonyl (C=O) groups excluding carboxylic acids is 1. The fourth-order valence-electron chi connectivity index (χ4n) is 1.62. The molecule has 0 aliphatic rings. The zero-order chi connectivity index (χ0) is 12.3. The lowest BCUT2D eigenvalue weighted by Crippen LogP contribution is -1.87. The van der Waals surface area contributed by atoms with Gasteiger partial charge in [0.05, 0.1) is 11.6 Å². The number of hydrogen-bond donors (Lipinski definition) is 0. The molecule has 0 N–H and O–H groups in total. The minimum absolute atomic E-state index is 0.350. The number of hydrogen-bond acceptors (Lipinski definition) is 2. The summed E-state index contributed by atoms with van der Waals surface area (Å²) in [5.41, 5.74) is 2.09. The van der Waals surface area contributed by atoms with E-state index >= 15 is 0 Å². The van der Waals surface area contributed by atoms with Gasteiger partial charge >= 0.3 is 0 Å². The molecule has 2 aromatic rings. The number of carbonyl (C=O) groups is 1. The van der Waals surface area contributed by atoms with Gasteiger partial charge in [-0.3, -0.25) is 4.79 Å². The lowest BCUT2D eigenvalue weighted by molar-refractivity contribution is 0.112. The quantitative estimate of drug-likeness (QED) is 0.736. The third-order valence-corrected chi connectivity index (χ3v) is 2.38. The highest BCUT2D eigenvalue weighted by Gasteiger charge is 2.03. The first-order chi connectivity index (χ1) is 8.22. The van der Waals surface area contributed by atoms with Crippen LogP contribution in [0, 0.1) is 17.1 Å². The number of benzene rings is 2. The molecular weight excluding hydrogens is 217 g/mol. The summed E-state index contributed by atoms with van der Waals surface area (Å²) in [6.07, 6.45) is 0.670. The Kier molecular flexibility index (Phi) is 2.97. The predicted molar refractivity (Wildman–Crippen MR) is 61.9 cm³/mol. The smallest absolute Gasteiger partial charge is 0.150 e. The van der Waals surface area contributed by atoms with E-state index in [1.807, 2.05) is 6.07 Å². The lowest BCUT2D eigenvalue weighted by Gasteiger charge is -2.03. The molecule has 0 aliphatic heterocycles. The predicted octanol–water partition coefficient (Wildman–Crippen LogP) is 3.18. The Balaban J connectivity index is 2.59. The SMILES string of the molecule is N#Cc1cc(C=O)cc(-c2cccc(F)c2)c1. The van der Waals surface area contributed by atoms with Crippen LogP contribution in [0.1, 0.15) is 15.9 Å². The average molecular weight is 225 g/mol. The van der Waals surface area contributed by atoms with Gasteiger partial charge in [-0.2, -0.15) is 5.26 Å². The highest BCUT2D eigenvalue weighted by atomic mass is 19.1. The van der Waals surface area contributed by atoms with Gasteiger partial charge in [0.25, 0.3) is 0 Å². The fourth-order valence-corrected chi connectivity index (χ4v) is 1.62. The number of nitrogens with zero attached hydrogens (tertiary/aromatic N) is 1. The van der Waals surface area contributed by atoms with Crippen LogP contribution in [0.3, 0.4) is 0 Å². The molecule has 2 rings (SSSR count). The van der Waals surface area contributed by atoms with Crippen LogP contribution in [0.5, 0.6) is 0 Å². The molecule has 0 atom stereocenters. The van der Waals surface area contributed by atoms with E-state index < -0.39 is 0 Å². The van der Waals surface area contributed by atoms with Crippen LogP contribution in [0.25, 0.3) is 11.1 Å². The monoisotopic (exact) mass is 225 g/mol. The third-order valence-electron chi connectivity index (χ3n) is 2.38. The van der Waals surface area contributed by atoms with Gasteiger partial charge in [-0.25, -0.2) is 4.39 Å². The lowest BCUT2D eigenvalue weighted by atomic mass is 10.0. The van der Waals surface area contributed by atoms with Crippen molar-refractivity contribution in [1.82, 2.24) is 0 Å². The van der Waals surface area contributed by atoms with Crippen molar-refractivity contribution in [2.45, 2.75) is 0 Å². The molecule has 0 saturated carbocycles. The van der Waals surface area contributed by atoms with Crippen LogP contribution in [0.2, 0.25) is 0 Å². The Morgan fingerprint density at radius 1 is 1.12 bits per heavy atom. The number of rotatable bonds is 2. The summed E-state index contributed by atoms with van der Waals surface area (Å²) in [5.74, 6) is -0.350.